The van der Waals surface area contributed by atoms with Gasteiger partial charge in [-0.05, 0) is 12.1 Å². The average Bonchev–Trinajstić information content (AvgIpc) is 2.76. The van der Waals surface area contributed by atoms with Gasteiger partial charge in [0.05, 0.1) is 13.1 Å². The van der Waals surface area contributed by atoms with Gasteiger partial charge in [0, 0.05) is 12.6 Å². The number of para-hydroxylation sites is 1. The van der Waals surface area contributed by atoms with Crippen molar-refractivity contribution in [3.63, 3.8) is 0 Å². The fourth-order valence-electron chi connectivity index (χ4n) is 1.43. The molecule has 0 spiro atoms. The molecule has 0 fully saturated rings. The van der Waals surface area contributed by atoms with Crippen molar-refractivity contribution in [1.82, 2.24) is 15.5 Å². The van der Waals surface area contributed by atoms with Crippen LogP contribution in [0.1, 0.15) is 11.7 Å². The summed E-state index contributed by atoms with van der Waals surface area (Å²) in [5.41, 5.74) is 0.778. The number of carbonyl (C=O) groups is 1. The fourth-order valence-corrected chi connectivity index (χ4v) is 1.43. The minimum atomic E-state index is -0.110. The molecule has 0 aliphatic carbocycles. The van der Waals surface area contributed by atoms with Crippen LogP contribution in [0, 0.1) is 6.92 Å². The van der Waals surface area contributed by atoms with Gasteiger partial charge in [0.2, 0.25) is 11.8 Å². The van der Waals surface area contributed by atoms with Gasteiger partial charge in [-0.3, -0.25) is 4.79 Å². The molecule has 0 saturated heterocycles. The molecule has 2 aromatic rings. The van der Waals surface area contributed by atoms with E-state index in [4.69, 9.17) is 4.52 Å². The molecular weight excluding hydrogens is 232 g/mol. The van der Waals surface area contributed by atoms with Crippen molar-refractivity contribution >= 4 is 11.6 Å². The summed E-state index contributed by atoms with van der Waals surface area (Å²) in [5.74, 6) is 0.946. The predicted molar refractivity (Wildman–Crippen MR) is 65.8 cm³/mol. The zero-order chi connectivity index (χ0) is 12.8. The Kier molecular flexibility index (Phi) is 4.03. The second-order valence-electron chi connectivity index (χ2n) is 3.75. The van der Waals surface area contributed by atoms with Gasteiger partial charge in [-0.2, -0.15) is 4.98 Å². The van der Waals surface area contributed by atoms with E-state index in [2.05, 4.69) is 20.8 Å². The Morgan fingerprint density at radius 1 is 1.33 bits per heavy atom. The maximum Gasteiger partial charge on any atom is 0.238 e. The van der Waals surface area contributed by atoms with Gasteiger partial charge in [-0.25, -0.2) is 0 Å². The van der Waals surface area contributed by atoms with Crippen LogP contribution in [-0.2, 0) is 11.3 Å². The highest BCUT2D eigenvalue weighted by atomic mass is 16.5. The Labute approximate surface area is 104 Å². The number of carbonyl (C=O) groups excluding carboxylic acids is 1. The summed E-state index contributed by atoms with van der Waals surface area (Å²) in [6, 6.07) is 9.30. The highest BCUT2D eigenvalue weighted by Crippen LogP contribution is 2.04. The standard InChI is InChI=1S/C12H14N4O2/c1-9-14-11(16-18-9)7-13-8-12(17)15-10-5-3-2-4-6-10/h2-6,13H,7-8H2,1H3,(H,15,17). The molecule has 0 bridgehead atoms. The molecule has 0 atom stereocenters. The Balaban J connectivity index is 1.72. The van der Waals surface area contributed by atoms with Crippen molar-refractivity contribution in [2.75, 3.05) is 11.9 Å². The van der Waals surface area contributed by atoms with Gasteiger partial charge in [-0.15, -0.1) is 0 Å². The Morgan fingerprint density at radius 2 is 2.11 bits per heavy atom. The van der Waals surface area contributed by atoms with Crippen LogP contribution in [0.25, 0.3) is 0 Å². The van der Waals surface area contributed by atoms with Crippen molar-refractivity contribution in [1.29, 1.82) is 0 Å². The Hall–Kier alpha value is -2.21. The zero-order valence-corrected chi connectivity index (χ0v) is 10.0. The minimum Gasteiger partial charge on any atom is -0.340 e. The highest BCUT2D eigenvalue weighted by molar-refractivity contribution is 5.92. The molecule has 0 unspecified atom stereocenters. The van der Waals surface area contributed by atoms with Gasteiger partial charge in [0.15, 0.2) is 5.82 Å². The normalized spacial score (nSPS) is 10.3. The molecular formula is C12H14N4O2. The van der Waals surface area contributed by atoms with E-state index in [1.54, 1.807) is 6.92 Å². The first-order chi connectivity index (χ1) is 8.74. The maximum atomic E-state index is 11.6. The molecule has 0 radical (unpaired) electrons. The zero-order valence-electron chi connectivity index (χ0n) is 10.0. The summed E-state index contributed by atoms with van der Waals surface area (Å²) < 4.78 is 4.82. The first-order valence-corrected chi connectivity index (χ1v) is 5.59. The lowest BCUT2D eigenvalue weighted by Gasteiger charge is -2.04. The number of aromatic nitrogens is 2. The van der Waals surface area contributed by atoms with Crippen LogP contribution in [0.15, 0.2) is 34.9 Å². The number of hydrogen-bond acceptors (Lipinski definition) is 5. The highest BCUT2D eigenvalue weighted by Gasteiger charge is 2.04. The van der Waals surface area contributed by atoms with E-state index in [0.717, 1.165) is 5.69 Å². The molecule has 1 aromatic heterocycles. The fraction of sp³-hybridized carbons (Fsp3) is 0.250. The second kappa shape index (κ2) is 5.92. The largest absolute Gasteiger partial charge is 0.340 e. The van der Waals surface area contributed by atoms with E-state index in [1.807, 2.05) is 30.3 Å². The third kappa shape index (κ3) is 3.67. The summed E-state index contributed by atoms with van der Waals surface area (Å²) in [4.78, 5) is 15.6. The number of amides is 1. The SMILES string of the molecule is Cc1nc(CNCC(=O)Nc2ccccc2)no1. The smallest absolute Gasteiger partial charge is 0.238 e. The maximum absolute atomic E-state index is 11.6. The molecule has 6 heteroatoms. The predicted octanol–water partition coefficient (Wildman–Crippen LogP) is 1.11. The molecule has 0 saturated carbocycles. The van der Waals surface area contributed by atoms with Crippen molar-refractivity contribution in [3.05, 3.63) is 42.0 Å². The van der Waals surface area contributed by atoms with E-state index in [-0.39, 0.29) is 12.5 Å². The molecule has 6 nitrogen and oxygen atoms in total. The molecule has 18 heavy (non-hydrogen) atoms. The lowest BCUT2D eigenvalue weighted by atomic mass is 10.3. The van der Waals surface area contributed by atoms with Crippen LogP contribution in [-0.4, -0.2) is 22.6 Å². The quantitative estimate of drug-likeness (QED) is 0.826. The summed E-state index contributed by atoms with van der Waals surface area (Å²) in [6.07, 6.45) is 0. The first-order valence-electron chi connectivity index (χ1n) is 5.59. The number of rotatable bonds is 5. The number of benzene rings is 1. The van der Waals surface area contributed by atoms with Crippen molar-refractivity contribution in [2.45, 2.75) is 13.5 Å². The van der Waals surface area contributed by atoms with Crippen LogP contribution >= 0.6 is 0 Å². The average molecular weight is 246 g/mol. The van der Waals surface area contributed by atoms with Crippen molar-refractivity contribution in [3.8, 4) is 0 Å². The van der Waals surface area contributed by atoms with Crippen LogP contribution in [0.2, 0.25) is 0 Å². The lowest BCUT2D eigenvalue weighted by Crippen LogP contribution is -2.28. The second-order valence-corrected chi connectivity index (χ2v) is 3.75. The molecule has 0 aliphatic heterocycles. The van der Waals surface area contributed by atoms with E-state index >= 15 is 0 Å². The van der Waals surface area contributed by atoms with Crippen molar-refractivity contribution < 1.29 is 9.32 Å². The molecule has 2 N–H and O–H groups in total. The van der Waals surface area contributed by atoms with Gasteiger partial charge >= 0.3 is 0 Å². The van der Waals surface area contributed by atoms with Crippen LogP contribution in [0.4, 0.5) is 5.69 Å². The monoisotopic (exact) mass is 246 g/mol. The van der Waals surface area contributed by atoms with Crippen LogP contribution in [0.5, 0.6) is 0 Å². The van der Waals surface area contributed by atoms with Crippen molar-refractivity contribution in [2.24, 2.45) is 0 Å². The number of aryl methyl sites for hydroxylation is 1. The third-order valence-electron chi connectivity index (χ3n) is 2.20. The van der Waals surface area contributed by atoms with Gasteiger partial charge in [0.25, 0.3) is 0 Å². The van der Waals surface area contributed by atoms with E-state index in [9.17, 15) is 4.79 Å². The molecule has 1 aromatic carbocycles. The van der Waals surface area contributed by atoms with Crippen LogP contribution in [0.3, 0.4) is 0 Å². The Bertz CT molecular complexity index is 510. The van der Waals surface area contributed by atoms with E-state index in [1.165, 1.54) is 0 Å². The first kappa shape index (κ1) is 12.3. The number of anilines is 1. The van der Waals surface area contributed by atoms with E-state index < -0.39 is 0 Å². The molecule has 94 valence electrons. The Morgan fingerprint density at radius 3 is 2.78 bits per heavy atom. The lowest BCUT2D eigenvalue weighted by molar-refractivity contribution is -0.115. The molecule has 1 amide bonds. The number of nitrogens with one attached hydrogen (secondary N) is 2. The number of nitrogens with zero attached hydrogens (tertiary/aromatic N) is 2. The van der Waals surface area contributed by atoms with Gasteiger partial charge in [-0.1, -0.05) is 23.4 Å². The molecule has 2 rings (SSSR count). The minimum absolute atomic E-state index is 0.110. The molecule has 0 aliphatic rings. The molecule has 1 heterocycles. The number of hydrogen-bond donors (Lipinski definition) is 2. The van der Waals surface area contributed by atoms with Gasteiger partial charge < -0.3 is 15.2 Å². The summed E-state index contributed by atoms with van der Waals surface area (Å²) in [6.45, 7) is 2.32. The summed E-state index contributed by atoms with van der Waals surface area (Å²) in [7, 11) is 0. The van der Waals surface area contributed by atoms with Crippen LogP contribution < -0.4 is 10.6 Å². The summed E-state index contributed by atoms with van der Waals surface area (Å²) >= 11 is 0. The topological polar surface area (TPSA) is 80.0 Å². The van der Waals surface area contributed by atoms with Gasteiger partial charge in [0.1, 0.15) is 0 Å². The van der Waals surface area contributed by atoms with E-state index in [0.29, 0.717) is 18.3 Å². The third-order valence-corrected chi connectivity index (χ3v) is 2.20. The summed E-state index contributed by atoms with van der Waals surface area (Å²) in [5, 5.41) is 9.42.